The van der Waals surface area contributed by atoms with Crippen molar-refractivity contribution in [3.05, 3.63) is 83.0 Å². The van der Waals surface area contributed by atoms with Gasteiger partial charge >= 0.3 is 0 Å². The number of ketones is 1. The highest BCUT2D eigenvalue weighted by Crippen LogP contribution is 2.33. The largest absolute Gasteiger partial charge is 0.475 e. The molecule has 0 bridgehead atoms. The monoisotopic (exact) mass is 546 g/mol. The standard InChI is InChI=1S/C29H30N4O5S/c1-17(2)37-26-12-9-21(15-31-26)23-11-10-22(24(34)16-39(35,36)27-8-6-7-25(30)33-27)29(32-23)38-28-19(4)13-18(3)14-20(28)5/h6-15,17H,16H2,1-5H3,(H2,30,33). The summed E-state index contributed by atoms with van der Waals surface area (Å²) in [6.45, 7) is 9.59. The van der Waals surface area contributed by atoms with Crippen molar-refractivity contribution >= 4 is 21.4 Å². The van der Waals surface area contributed by atoms with Crippen LogP contribution in [-0.4, -0.2) is 41.0 Å². The van der Waals surface area contributed by atoms with Crippen LogP contribution in [0.1, 0.15) is 40.9 Å². The lowest BCUT2D eigenvalue weighted by Crippen LogP contribution is -2.19. The number of Topliss-reactive ketones (excluding diaryl/α,β-unsaturated/α-hetero) is 1. The molecule has 0 saturated heterocycles. The molecule has 0 spiro atoms. The predicted octanol–water partition coefficient (Wildman–Crippen LogP) is 5.28. The van der Waals surface area contributed by atoms with Crippen molar-refractivity contribution in [2.24, 2.45) is 0 Å². The van der Waals surface area contributed by atoms with E-state index >= 15 is 0 Å². The molecule has 0 radical (unpaired) electrons. The Morgan fingerprint density at radius 2 is 1.69 bits per heavy atom. The zero-order valence-corrected chi connectivity index (χ0v) is 23.2. The van der Waals surface area contributed by atoms with E-state index in [9.17, 15) is 13.2 Å². The topological polar surface area (TPSA) is 134 Å². The SMILES string of the molecule is Cc1cc(C)c(Oc2nc(-c3ccc(OC(C)C)nc3)ccc2C(=O)CS(=O)(=O)c2cccc(N)n2)c(C)c1. The summed E-state index contributed by atoms with van der Waals surface area (Å²) < 4.78 is 37.8. The van der Waals surface area contributed by atoms with E-state index in [4.69, 9.17) is 15.2 Å². The summed E-state index contributed by atoms with van der Waals surface area (Å²) in [5, 5.41) is -0.275. The van der Waals surface area contributed by atoms with Gasteiger partial charge in [0.1, 0.15) is 17.3 Å². The summed E-state index contributed by atoms with van der Waals surface area (Å²) in [4.78, 5) is 26.2. The number of carbonyl (C=O) groups excluding carboxylic acids is 1. The molecule has 0 unspecified atom stereocenters. The molecule has 202 valence electrons. The van der Waals surface area contributed by atoms with Crippen molar-refractivity contribution in [1.29, 1.82) is 0 Å². The lowest BCUT2D eigenvalue weighted by molar-refractivity contribution is 0.101. The summed E-state index contributed by atoms with van der Waals surface area (Å²) in [5.74, 6) is -0.459. The molecule has 0 amide bonds. The molecule has 0 aliphatic heterocycles. The summed E-state index contributed by atoms with van der Waals surface area (Å²) >= 11 is 0. The van der Waals surface area contributed by atoms with Crippen molar-refractivity contribution in [2.45, 2.75) is 45.7 Å². The van der Waals surface area contributed by atoms with Crippen LogP contribution in [0.25, 0.3) is 11.3 Å². The number of anilines is 1. The van der Waals surface area contributed by atoms with Gasteiger partial charge in [0.15, 0.2) is 10.8 Å². The number of carbonyl (C=O) groups is 1. The molecule has 0 aliphatic rings. The molecule has 3 aromatic heterocycles. The van der Waals surface area contributed by atoms with Gasteiger partial charge in [0.25, 0.3) is 0 Å². The molecule has 0 aliphatic carbocycles. The van der Waals surface area contributed by atoms with Crippen LogP contribution >= 0.6 is 0 Å². The Balaban J connectivity index is 1.74. The van der Waals surface area contributed by atoms with E-state index in [1.807, 2.05) is 46.8 Å². The third-order valence-corrected chi connectivity index (χ3v) is 7.24. The van der Waals surface area contributed by atoms with Crippen LogP contribution in [0, 0.1) is 20.8 Å². The Morgan fingerprint density at radius 1 is 0.974 bits per heavy atom. The maximum Gasteiger partial charge on any atom is 0.230 e. The fourth-order valence-electron chi connectivity index (χ4n) is 4.09. The second kappa shape index (κ2) is 11.2. The minimum absolute atomic E-state index is 0.00852. The number of hydrogen-bond acceptors (Lipinski definition) is 9. The Morgan fingerprint density at radius 3 is 2.31 bits per heavy atom. The summed E-state index contributed by atoms with van der Waals surface area (Å²) in [5.41, 5.74) is 9.60. The number of benzene rings is 1. The van der Waals surface area contributed by atoms with E-state index in [0.29, 0.717) is 22.9 Å². The van der Waals surface area contributed by atoms with Crippen molar-refractivity contribution in [2.75, 3.05) is 11.5 Å². The Bertz CT molecular complexity index is 1610. The van der Waals surface area contributed by atoms with Gasteiger partial charge in [0.05, 0.1) is 17.4 Å². The average molecular weight is 547 g/mol. The van der Waals surface area contributed by atoms with E-state index in [1.54, 1.807) is 24.4 Å². The number of nitrogen functional groups attached to an aromatic ring is 1. The average Bonchev–Trinajstić information content (AvgIpc) is 2.86. The highest BCUT2D eigenvalue weighted by molar-refractivity contribution is 7.92. The van der Waals surface area contributed by atoms with Gasteiger partial charge in [0.2, 0.25) is 21.6 Å². The molecule has 10 heteroatoms. The number of aryl methyl sites for hydroxylation is 3. The smallest absolute Gasteiger partial charge is 0.230 e. The van der Waals surface area contributed by atoms with Gasteiger partial charge in [-0.15, -0.1) is 0 Å². The molecule has 0 saturated carbocycles. The second-order valence-corrected chi connectivity index (χ2v) is 11.5. The summed E-state index contributed by atoms with van der Waals surface area (Å²) in [6.07, 6.45) is 1.59. The Kier molecular flexibility index (Phi) is 7.96. The van der Waals surface area contributed by atoms with Crippen LogP contribution in [0.2, 0.25) is 0 Å². The van der Waals surface area contributed by atoms with Gasteiger partial charge in [-0.3, -0.25) is 4.79 Å². The number of nitrogens with zero attached hydrogens (tertiary/aromatic N) is 3. The molecule has 4 aromatic rings. The molecule has 0 atom stereocenters. The quantitative estimate of drug-likeness (QED) is 0.278. The highest BCUT2D eigenvalue weighted by atomic mass is 32.2. The fraction of sp³-hybridized carbons (Fsp3) is 0.241. The van der Waals surface area contributed by atoms with Crippen LogP contribution in [0.4, 0.5) is 5.82 Å². The molecule has 9 nitrogen and oxygen atoms in total. The van der Waals surface area contributed by atoms with Crippen molar-refractivity contribution in [3.8, 4) is 28.8 Å². The number of hydrogen-bond donors (Lipinski definition) is 1. The normalized spacial score (nSPS) is 11.4. The first-order valence-corrected chi connectivity index (χ1v) is 14.0. The molecule has 3 heterocycles. The number of aromatic nitrogens is 3. The zero-order valence-electron chi connectivity index (χ0n) is 22.4. The minimum Gasteiger partial charge on any atom is -0.475 e. The van der Waals surface area contributed by atoms with Crippen LogP contribution in [0.3, 0.4) is 0 Å². The van der Waals surface area contributed by atoms with Crippen LogP contribution in [-0.2, 0) is 9.84 Å². The molecule has 4 rings (SSSR count). The number of sulfone groups is 1. The van der Waals surface area contributed by atoms with Crippen molar-refractivity contribution < 1.29 is 22.7 Å². The van der Waals surface area contributed by atoms with Crippen LogP contribution < -0.4 is 15.2 Å². The maximum atomic E-state index is 13.4. The Hall–Kier alpha value is -4.31. The van der Waals surface area contributed by atoms with Crippen LogP contribution in [0.5, 0.6) is 17.5 Å². The number of nitrogens with two attached hydrogens (primary N) is 1. The molecule has 39 heavy (non-hydrogen) atoms. The number of pyridine rings is 3. The van der Waals surface area contributed by atoms with Crippen molar-refractivity contribution in [1.82, 2.24) is 15.0 Å². The summed E-state index contributed by atoms with van der Waals surface area (Å²) in [7, 11) is -4.07. The van der Waals surface area contributed by atoms with E-state index < -0.39 is 21.4 Å². The van der Waals surface area contributed by atoms with E-state index in [2.05, 4.69) is 15.0 Å². The van der Waals surface area contributed by atoms with Crippen LogP contribution in [0.15, 0.2) is 65.8 Å². The van der Waals surface area contributed by atoms with Gasteiger partial charge in [-0.1, -0.05) is 23.8 Å². The third-order valence-electron chi connectivity index (χ3n) is 5.74. The van der Waals surface area contributed by atoms with Gasteiger partial charge in [0, 0.05) is 17.8 Å². The number of rotatable bonds is 9. The zero-order chi connectivity index (χ0) is 28.3. The third kappa shape index (κ3) is 6.58. The molecular formula is C29H30N4O5S. The van der Waals surface area contributed by atoms with E-state index in [0.717, 1.165) is 16.7 Å². The van der Waals surface area contributed by atoms with E-state index in [-0.39, 0.29) is 28.4 Å². The highest BCUT2D eigenvalue weighted by Gasteiger charge is 2.26. The molecule has 1 aromatic carbocycles. The van der Waals surface area contributed by atoms with E-state index in [1.165, 1.54) is 24.3 Å². The predicted molar refractivity (Wildman–Crippen MR) is 149 cm³/mol. The molecular weight excluding hydrogens is 516 g/mol. The first-order valence-electron chi connectivity index (χ1n) is 12.3. The maximum absolute atomic E-state index is 13.4. The summed E-state index contributed by atoms with van der Waals surface area (Å²) in [6, 6.07) is 14.8. The second-order valence-electron chi connectivity index (χ2n) is 9.51. The van der Waals surface area contributed by atoms with Gasteiger partial charge in [-0.25, -0.2) is 23.4 Å². The van der Waals surface area contributed by atoms with Gasteiger partial charge in [-0.2, -0.15) is 0 Å². The van der Waals surface area contributed by atoms with Crippen molar-refractivity contribution in [3.63, 3.8) is 0 Å². The van der Waals surface area contributed by atoms with Gasteiger partial charge < -0.3 is 15.2 Å². The lowest BCUT2D eigenvalue weighted by Gasteiger charge is -2.16. The number of ether oxygens (including phenoxy) is 2. The first-order chi connectivity index (χ1) is 18.4. The molecule has 0 fully saturated rings. The van der Waals surface area contributed by atoms with Gasteiger partial charge in [-0.05, 0) is 76.1 Å². The first kappa shape index (κ1) is 27.7. The fourth-order valence-corrected chi connectivity index (χ4v) is 5.27. The Labute approximate surface area is 228 Å². The minimum atomic E-state index is -4.07. The molecule has 2 N–H and O–H groups in total. The lowest BCUT2D eigenvalue weighted by atomic mass is 10.1.